The lowest BCUT2D eigenvalue weighted by atomic mass is 9.95. The van der Waals surface area contributed by atoms with Crippen molar-refractivity contribution in [2.24, 2.45) is 5.18 Å². The molecule has 0 amide bonds. The summed E-state index contributed by atoms with van der Waals surface area (Å²) in [7, 11) is 0. The summed E-state index contributed by atoms with van der Waals surface area (Å²) in [5, 5.41) is 3.12. The molecular formula is C20H15NO. The summed E-state index contributed by atoms with van der Waals surface area (Å²) in [6.07, 6.45) is 2.02. The van der Waals surface area contributed by atoms with E-state index in [9.17, 15) is 4.91 Å². The molecule has 0 bridgehead atoms. The van der Waals surface area contributed by atoms with E-state index in [1.165, 1.54) is 0 Å². The third kappa shape index (κ3) is 3.01. The first-order valence-corrected chi connectivity index (χ1v) is 7.13. The second-order valence-electron chi connectivity index (χ2n) is 4.94. The summed E-state index contributed by atoms with van der Waals surface area (Å²) < 4.78 is 0. The summed E-state index contributed by atoms with van der Waals surface area (Å²) in [6.45, 7) is 0. The Hall–Kier alpha value is -3.00. The quantitative estimate of drug-likeness (QED) is 0.448. The molecule has 0 aliphatic rings. The molecule has 0 saturated heterocycles. The zero-order valence-corrected chi connectivity index (χ0v) is 12.0. The Kier molecular flexibility index (Phi) is 4.21. The lowest BCUT2D eigenvalue weighted by Gasteiger charge is -2.09. The molecule has 0 N–H and O–H groups in total. The number of benzene rings is 3. The van der Waals surface area contributed by atoms with Crippen molar-refractivity contribution in [3.05, 3.63) is 107 Å². The molecule has 2 nitrogen and oxygen atoms in total. The van der Waals surface area contributed by atoms with Gasteiger partial charge in [-0.2, -0.15) is 0 Å². The Morgan fingerprint density at radius 2 is 1.18 bits per heavy atom. The summed E-state index contributed by atoms with van der Waals surface area (Å²) >= 11 is 0. The van der Waals surface area contributed by atoms with Gasteiger partial charge in [-0.1, -0.05) is 78.9 Å². The van der Waals surface area contributed by atoms with Crippen LogP contribution in [0.3, 0.4) is 0 Å². The fourth-order valence-corrected chi connectivity index (χ4v) is 2.42. The van der Waals surface area contributed by atoms with Gasteiger partial charge in [-0.15, -0.1) is 4.91 Å². The number of hydrogen-bond donors (Lipinski definition) is 0. The van der Waals surface area contributed by atoms with Crippen LogP contribution in [0.2, 0.25) is 0 Å². The molecule has 0 radical (unpaired) electrons. The Morgan fingerprint density at radius 1 is 0.682 bits per heavy atom. The largest absolute Gasteiger partial charge is 0.145 e. The van der Waals surface area contributed by atoms with Crippen LogP contribution in [0, 0.1) is 4.91 Å². The maximum Gasteiger partial charge on any atom is 0.115 e. The molecule has 3 aromatic rings. The highest BCUT2D eigenvalue weighted by molar-refractivity contribution is 5.93. The first-order chi connectivity index (χ1) is 10.9. The smallest absolute Gasteiger partial charge is 0.115 e. The fraction of sp³-hybridized carbons (Fsp3) is 0. The normalized spacial score (nSPS) is 10.0. The SMILES string of the molecule is O=Nc1ccccc1C=C(c1ccccc1)c1ccccc1. The summed E-state index contributed by atoms with van der Waals surface area (Å²) in [4.78, 5) is 11.0. The minimum atomic E-state index is 0.451. The Labute approximate surface area is 129 Å². The highest BCUT2D eigenvalue weighted by Gasteiger charge is 2.06. The van der Waals surface area contributed by atoms with Gasteiger partial charge in [0.15, 0.2) is 0 Å². The van der Waals surface area contributed by atoms with Crippen molar-refractivity contribution in [1.82, 2.24) is 0 Å². The molecule has 3 rings (SSSR count). The molecule has 0 saturated carbocycles. The van der Waals surface area contributed by atoms with Crippen molar-refractivity contribution in [1.29, 1.82) is 0 Å². The van der Waals surface area contributed by atoms with Crippen LogP contribution in [-0.4, -0.2) is 0 Å². The second kappa shape index (κ2) is 6.64. The van der Waals surface area contributed by atoms with E-state index in [-0.39, 0.29) is 0 Å². The topological polar surface area (TPSA) is 29.4 Å². The van der Waals surface area contributed by atoms with Crippen molar-refractivity contribution in [3.8, 4) is 0 Å². The van der Waals surface area contributed by atoms with Crippen molar-refractivity contribution in [2.75, 3.05) is 0 Å². The van der Waals surface area contributed by atoms with Crippen molar-refractivity contribution >= 4 is 17.3 Å². The van der Waals surface area contributed by atoms with Crippen LogP contribution in [0.25, 0.3) is 11.6 Å². The van der Waals surface area contributed by atoms with Gasteiger partial charge < -0.3 is 0 Å². The maximum atomic E-state index is 11.0. The molecule has 0 unspecified atom stereocenters. The minimum absolute atomic E-state index is 0.451. The third-order valence-corrected chi connectivity index (χ3v) is 3.50. The molecule has 106 valence electrons. The van der Waals surface area contributed by atoms with Gasteiger partial charge in [0, 0.05) is 5.56 Å². The van der Waals surface area contributed by atoms with Gasteiger partial charge in [-0.25, -0.2) is 0 Å². The third-order valence-electron chi connectivity index (χ3n) is 3.50. The Morgan fingerprint density at radius 3 is 1.73 bits per heavy atom. The van der Waals surface area contributed by atoms with Crippen LogP contribution < -0.4 is 0 Å². The average Bonchev–Trinajstić information content (AvgIpc) is 2.61. The molecule has 0 heterocycles. The maximum absolute atomic E-state index is 11.0. The molecule has 3 aromatic carbocycles. The number of nitrogens with zero attached hydrogens (tertiary/aromatic N) is 1. The van der Waals surface area contributed by atoms with Crippen molar-refractivity contribution in [2.45, 2.75) is 0 Å². The van der Waals surface area contributed by atoms with E-state index in [4.69, 9.17) is 0 Å². The van der Waals surface area contributed by atoms with Crippen LogP contribution in [0.4, 0.5) is 5.69 Å². The lowest BCUT2D eigenvalue weighted by molar-refractivity contribution is 1.47. The molecular weight excluding hydrogens is 270 g/mol. The van der Waals surface area contributed by atoms with Crippen molar-refractivity contribution in [3.63, 3.8) is 0 Å². The van der Waals surface area contributed by atoms with Gasteiger partial charge >= 0.3 is 0 Å². The lowest BCUT2D eigenvalue weighted by Crippen LogP contribution is -1.88. The van der Waals surface area contributed by atoms with Gasteiger partial charge in [-0.05, 0) is 34.0 Å². The van der Waals surface area contributed by atoms with Gasteiger partial charge in [0.25, 0.3) is 0 Å². The molecule has 0 spiro atoms. The van der Waals surface area contributed by atoms with E-state index in [2.05, 4.69) is 29.4 Å². The molecule has 0 aromatic heterocycles. The minimum Gasteiger partial charge on any atom is -0.145 e. The predicted octanol–water partition coefficient (Wildman–Crippen LogP) is 5.67. The monoisotopic (exact) mass is 285 g/mol. The molecule has 2 heteroatoms. The molecule has 0 atom stereocenters. The van der Waals surface area contributed by atoms with Crippen LogP contribution in [-0.2, 0) is 0 Å². The number of nitroso groups, excluding NO2 is 1. The highest BCUT2D eigenvalue weighted by Crippen LogP contribution is 2.29. The van der Waals surface area contributed by atoms with E-state index in [1.54, 1.807) is 6.07 Å². The predicted molar refractivity (Wildman–Crippen MR) is 91.8 cm³/mol. The van der Waals surface area contributed by atoms with E-state index < -0.39 is 0 Å². The van der Waals surface area contributed by atoms with Crippen LogP contribution in [0.15, 0.2) is 90.1 Å². The first-order valence-electron chi connectivity index (χ1n) is 7.13. The van der Waals surface area contributed by atoms with E-state index >= 15 is 0 Å². The van der Waals surface area contributed by atoms with Gasteiger partial charge in [0.2, 0.25) is 0 Å². The van der Waals surface area contributed by atoms with E-state index in [1.807, 2.05) is 60.7 Å². The van der Waals surface area contributed by atoms with E-state index in [0.717, 1.165) is 22.3 Å². The summed E-state index contributed by atoms with van der Waals surface area (Å²) in [5.74, 6) is 0. The highest BCUT2D eigenvalue weighted by atomic mass is 16.3. The Bertz CT molecular complexity index is 751. The van der Waals surface area contributed by atoms with Gasteiger partial charge in [-0.3, -0.25) is 0 Å². The summed E-state index contributed by atoms with van der Waals surface area (Å²) in [6, 6.07) is 27.6. The molecule has 22 heavy (non-hydrogen) atoms. The van der Waals surface area contributed by atoms with Gasteiger partial charge in [0.1, 0.15) is 5.69 Å². The zero-order valence-electron chi connectivity index (χ0n) is 12.0. The van der Waals surface area contributed by atoms with Crippen LogP contribution in [0.5, 0.6) is 0 Å². The molecule has 0 aliphatic heterocycles. The first kappa shape index (κ1) is 14.0. The van der Waals surface area contributed by atoms with Gasteiger partial charge in [0.05, 0.1) is 0 Å². The van der Waals surface area contributed by atoms with Crippen LogP contribution >= 0.6 is 0 Å². The fourth-order valence-electron chi connectivity index (χ4n) is 2.42. The molecule has 0 fully saturated rings. The Balaban J connectivity index is 2.18. The van der Waals surface area contributed by atoms with Crippen LogP contribution in [0.1, 0.15) is 16.7 Å². The van der Waals surface area contributed by atoms with E-state index in [0.29, 0.717) is 5.69 Å². The van der Waals surface area contributed by atoms with Crippen molar-refractivity contribution < 1.29 is 0 Å². The zero-order chi connectivity index (χ0) is 15.2. The number of hydrogen-bond acceptors (Lipinski definition) is 2. The standard InChI is InChI=1S/C20H15NO/c22-21-20-14-8-7-13-18(20)15-19(16-9-3-1-4-10-16)17-11-5-2-6-12-17/h1-15H. The number of rotatable bonds is 4. The molecule has 0 aliphatic carbocycles. The second-order valence-corrected chi connectivity index (χ2v) is 4.94. The average molecular weight is 285 g/mol. The summed E-state index contributed by atoms with van der Waals surface area (Å²) in [5.41, 5.74) is 4.55.